The Balaban J connectivity index is 0.00000280. The molecule has 0 unspecified atom stereocenters. The lowest BCUT2D eigenvalue weighted by Gasteiger charge is -2.42. The summed E-state index contributed by atoms with van der Waals surface area (Å²) in [5.74, 6) is -0.0542. The second kappa shape index (κ2) is 9.22. The molecule has 2 nitrogen and oxygen atoms in total. The summed E-state index contributed by atoms with van der Waals surface area (Å²) < 4.78 is 80.7. The number of piperazine rings is 1. The van der Waals surface area contributed by atoms with Crippen LogP contribution in [0, 0.1) is 5.92 Å². The molecule has 1 aromatic rings. The summed E-state index contributed by atoms with van der Waals surface area (Å²) in [6.07, 6.45) is -5.00. The molecule has 3 rings (SSSR count). The largest absolute Gasteiger partial charge is 0.416 e. The summed E-state index contributed by atoms with van der Waals surface area (Å²) in [7, 11) is 0. The number of nitrogens with one attached hydrogen (secondary N) is 1. The van der Waals surface area contributed by atoms with Gasteiger partial charge in [-0.05, 0) is 42.5 Å². The fourth-order valence-electron chi connectivity index (χ4n) is 4.40. The van der Waals surface area contributed by atoms with Crippen molar-refractivity contribution in [3.63, 3.8) is 0 Å². The smallest absolute Gasteiger partial charge is 0.314 e. The van der Waals surface area contributed by atoms with Gasteiger partial charge < -0.3 is 5.32 Å². The number of halogens is 7. The predicted molar refractivity (Wildman–Crippen MR) is 97.5 cm³/mol. The third-order valence-electron chi connectivity index (χ3n) is 5.64. The van der Waals surface area contributed by atoms with Gasteiger partial charge in [0.15, 0.2) is 0 Å². The van der Waals surface area contributed by atoms with Gasteiger partial charge in [0.25, 0.3) is 0 Å². The average Bonchev–Trinajstić information content (AvgIpc) is 2.62. The van der Waals surface area contributed by atoms with Crippen LogP contribution in [0.15, 0.2) is 18.2 Å². The maximum absolute atomic E-state index is 13.7. The van der Waals surface area contributed by atoms with Crippen molar-refractivity contribution in [2.45, 2.75) is 50.5 Å². The molecule has 28 heavy (non-hydrogen) atoms. The van der Waals surface area contributed by atoms with Crippen LogP contribution in [0.1, 0.15) is 54.8 Å². The van der Waals surface area contributed by atoms with Crippen LogP contribution in [-0.2, 0) is 12.4 Å². The maximum atomic E-state index is 13.7. The van der Waals surface area contributed by atoms with E-state index in [1.165, 1.54) is 0 Å². The third-order valence-corrected chi connectivity index (χ3v) is 5.64. The summed E-state index contributed by atoms with van der Waals surface area (Å²) in [4.78, 5) is 1.94. The number of alkyl halides is 6. The van der Waals surface area contributed by atoms with Crippen molar-refractivity contribution in [1.29, 1.82) is 0 Å². The molecule has 1 aliphatic carbocycles. The lowest BCUT2D eigenvalue weighted by molar-refractivity contribution is -0.142. The van der Waals surface area contributed by atoms with Crippen molar-refractivity contribution in [3.8, 4) is 0 Å². The SMILES string of the molecule is Cl.FC(F)(F)c1ccc(C(F)(F)F)c([C@@H](C2CCCCC2)N2CCNCC2)c1. The van der Waals surface area contributed by atoms with Crippen LogP contribution >= 0.6 is 12.4 Å². The quantitative estimate of drug-likeness (QED) is 0.621. The summed E-state index contributed by atoms with van der Waals surface area (Å²) in [6.45, 7) is 2.33. The molecule has 0 radical (unpaired) electrons. The highest BCUT2D eigenvalue weighted by molar-refractivity contribution is 5.85. The highest BCUT2D eigenvalue weighted by Gasteiger charge is 2.41. The van der Waals surface area contributed by atoms with Crippen LogP contribution in [-0.4, -0.2) is 31.1 Å². The van der Waals surface area contributed by atoms with E-state index in [2.05, 4.69) is 5.32 Å². The predicted octanol–water partition coefficient (Wildman–Crippen LogP) is 5.67. The highest BCUT2D eigenvalue weighted by atomic mass is 35.5. The van der Waals surface area contributed by atoms with E-state index in [1.807, 2.05) is 4.90 Å². The summed E-state index contributed by atoms with van der Waals surface area (Å²) in [5.41, 5.74) is -2.17. The molecule has 0 aromatic heterocycles. The first-order chi connectivity index (χ1) is 12.7. The Morgan fingerprint density at radius 2 is 1.50 bits per heavy atom. The van der Waals surface area contributed by atoms with Gasteiger partial charge in [0, 0.05) is 32.2 Å². The van der Waals surface area contributed by atoms with Crippen molar-refractivity contribution in [3.05, 3.63) is 34.9 Å². The minimum Gasteiger partial charge on any atom is -0.314 e. The first kappa shape index (κ1) is 23.3. The van der Waals surface area contributed by atoms with Gasteiger partial charge in [-0.2, -0.15) is 26.3 Å². The minimum atomic E-state index is -4.68. The molecular weight excluding hydrogens is 406 g/mol. The van der Waals surface area contributed by atoms with E-state index in [-0.39, 0.29) is 23.9 Å². The first-order valence-corrected chi connectivity index (χ1v) is 9.41. The Bertz CT molecular complexity index is 616. The zero-order valence-electron chi connectivity index (χ0n) is 15.4. The molecule has 1 heterocycles. The molecule has 2 aliphatic rings. The number of hydrogen-bond donors (Lipinski definition) is 1. The standard InChI is InChI=1S/C19H24F6N2.ClH/c20-18(21,22)14-6-7-16(19(23,24)25)15(12-14)17(13-4-2-1-3-5-13)27-10-8-26-9-11-27;/h6-7,12-13,17,26H,1-5,8-11H2;1H/t17-;/m1./s1. The summed E-state index contributed by atoms with van der Waals surface area (Å²) >= 11 is 0. The van der Waals surface area contributed by atoms with Crippen LogP contribution in [0.25, 0.3) is 0 Å². The van der Waals surface area contributed by atoms with E-state index in [1.54, 1.807) is 0 Å². The Labute approximate surface area is 167 Å². The van der Waals surface area contributed by atoms with E-state index in [0.29, 0.717) is 38.3 Å². The van der Waals surface area contributed by atoms with E-state index in [9.17, 15) is 26.3 Å². The fraction of sp³-hybridized carbons (Fsp3) is 0.684. The van der Waals surface area contributed by atoms with Crippen LogP contribution in [0.3, 0.4) is 0 Å². The Morgan fingerprint density at radius 3 is 2.04 bits per heavy atom. The van der Waals surface area contributed by atoms with Crippen molar-refractivity contribution in [2.75, 3.05) is 26.2 Å². The molecule has 0 spiro atoms. The summed E-state index contributed by atoms with van der Waals surface area (Å²) in [5, 5.41) is 3.16. The van der Waals surface area contributed by atoms with Gasteiger partial charge in [-0.25, -0.2) is 0 Å². The van der Waals surface area contributed by atoms with Gasteiger partial charge >= 0.3 is 12.4 Å². The molecule has 1 saturated heterocycles. The first-order valence-electron chi connectivity index (χ1n) is 9.41. The van der Waals surface area contributed by atoms with Crippen LogP contribution in [0.4, 0.5) is 26.3 Å². The van der Waals surface area contributed by atoms with Crippen LogP contribution in [0.2, 0.25) is 0 Å². The Hall–Kier alpha value is -0.990. The molecule has 1 N–H and O–H groups in total. The molecule has 1 aromatic carbocycles. The second-order valence-electron chi connectivity index (χ2n) is 7.43. The van der Waals surface area contributed by atoms with E-state index in [4.69, 9.17) is 0 Å². The van der Waals surface area contributed by atoms with Gasteiger partial charge in [-0.15, -0.1) is 12.4 Å². The molecule has 2 fully saturated rings. The fourth-order valence-corrected chi connectivity index (χ4v) is 4.40. The lowest BCUT2D eigenvalue weighted by atomic mass is 9.78. The normalized spacial score (nSPS) is 21.2. The maximum Gasteiger partial charge on any atom is 0.416 e. The van der Waals surface area contributed by atoms with Gasteiger partial charge in [0.2, 0.25) is 0 Å². The number of rotatable bonds is 3. The Kier molecular flexibility index (Phi) is 7.67. The molecule has 1 saturated carbocycles. The highest BCUT2D eigenvalue weighted by Crippen LogP contribution is 2.45. The van der Waals surface area contributed by atoms with Gasteiger partial charge in [0.1, 0.15) is 0 Å². The molecule has 0 bridgehead atoms. The molecule has 1 atom stereocenters. The van der Waals surface area contributed by atoms with E-state index >= 15 is 0 Å². The lowest BCUT2D eigenvalue weighted by Crippen LogP contribution is -2.47. The molecular formula is C19H25ClF6N2. The molecule has 0 amide bonds. The summed E-state index contributed by atoms with van der Waals surface area (Å²) in [6, 6.07) is 1.26. The minimum absolute atomic E-state index is 0. The van der Waals surface area contributed by atoms with Crippen molar-refractivity contribution < 1.29 is 26.3 Å². The monoisotopic (exact) mass is 430 g/mol. The third kappa shape index (κ3) is 5.33. The Morgan fingerprint density at radius 1 is 0.893 bits per heavy atom. The molecule has 9 heteroatoms. The van der Waals surface area contributed by atoms with Crippen molar-refractivity contribution >= 4 is 12.4 Å². The van der Waals surface area contributed by atoms with Gasteiger partial charge in [0.05, 0.1) is 11.1 Å². The van der Waals surface area contributed by atoms with E-state index < -0.39 is 29.5 Å². The van der Waals surface area contributed by atoms with Crippen molar-refractivity contribution in [1.82, 2.24) is 10.2 Å². The molecule has 160 valence electrons. The van der Waals surface area contributed by atoms with Gasteiger partial charge in [-0.1, -0.05) is 19.3 Å². The topological polar surface area (TPSA) is 15.3 Å². The number of nitrogens with zero attached hydrogens (tertiary/aromatic N) is 1. The van der Waals surface area contributed by atoms with Crippen LogP contribution < -0.4 is 5.32 Å². The van der Waals surface area contributed by atoms with Gasteiger partial charge in [-0.3, -0.25) is 4.90 Å². The average molecular weight is 431 g/mol. The van der Waals surface area contributed by atoms with Crippen molar-refractivity contribution in [2.24, 2.45) is 5.92 Å². The zero-order valence-corrected chi connectivity index (χ0v) is 16.2. The van der Waals surface area contributed by atoms with E-state index in [0.717, 1.165) is 38.2 Å². The zero-order chi connectivity index (χ0) is 19.7. The second-order valence-corrected chi connectivity index (χ2v) is 7.43. The number of benzene rings is 1. The van der Waals surface area contributed by atoms with Crippen LogP contribution in [0.5, 0.6) is 0 Å². The number of hydrogen-bond acceptors (Lipinski definition) is 2. The molecule has 1 aliphatic heterocycles.